The van der Waals surface area contributed by atoms with Crippen molar-refractivity contribution in [3.05, 3.63) is 35.7 Å². The van der Waals surface area contributed by atoms with Gasteiger partial charge in [0.05, 0.1) is 12.7 Å². The molecular weight excluding hydrogens is 361 g/mol. The third kappa shape index (κ3) is 7.15. The second kappa shape index (κ2) is 9.34. The number of hydrogen-bond acceptors (Lipinski definition) is 7. The van der Waals surface area contributed by atoms with E-state index in [1.54, 1.807) is 12.3 Å². The molecule has 0 bridgehead atoms. The predicted molar refractivity (Wildman–Crippen MR) is 80.5 cm³/mol. The Morgan fingerprint density at radius 1 is 1.23 bits per heavy atom. The molecule has 142 valence electrons. The molecule has 0 aromatic carbocycles. The summed E-state index contributed by atoms with van der Waals surface area (Å²) >= 11 is 0. The number of carboxylic acid groups (broad SMARTS) is 2. The highest BCUT2D eigenvalue weighted by Crippen LogP contribution is 2.13. The second-order valence-corrected chi connectivity index (χ2v) is 4.74. The van der Waals surface area contributed by atoms with E-state index in [1.165, 1.54) is 6.07 Å². The molecular formula is C14H15F3N4O5. The number of rotatable bonds is 6. The number of nitrogens with one attached hydrogen (secondary N) is 1. The van der Waals surface area contributed by atoms with Crippen molar-refractivity contribution < 1.29 is 37.4 Å². The minimum atomic E-state index is -5.08. The van der Waals surface area contributed by atoms with Gasteiger partial charge in [-0.15, -0.1) is 10.2 Å². The van der Waals surface area contributed by atoms with Gasteiger partial charge >= 0.3 is 18.1 Å². The molecule has 2 rings (SSSR count). The molecule has 26 heavy (non-hydrogen) atoms. The van der Waals surface area contributed by atoms with Gasteiger partial charge in [0, 0.05) is 6.42 Å². The zero-order valence-electron chi connectivity index (χ0n) is 13.4. The Labute approximate surface area is 144 Å². The van der Waals surface area contributed by atoms with Crippen LogP contribution in [0.4, 0.5) is 19.0 Å². The van der Waals surface area contributed by atoms with Crippen molar-refractivity contribution in [1.29, 1.82) is 0 Å². The summed E-state index contributed by atoms with van der Waals surface area (Å²) in [5.74, 6) is -1.95. The lowest BCUT2D eigenvalue weighted by Gasteiger charge is -2.02. The van der Waals surface area contributed by atoms with Gasteiger partial charge in [-0.2, -0.15) is 13.2 Å². The SMILES string of the molecule is CCCc1ncc(CNc2ccc(C(=O)O)nn2)o1.O=C(O)C(F)(F)F. The highest BCUT2D eigenvalue weighted by atomic mass is 19.4. The zero-order chi connectivity index (χ0) is 19.7. The molecule has 2 heterocycles. The third-order valence-corrected chi connectivity index (χ3v) is 2.64. The monoisotopic (exact) mass is 376 g/mol. The van der Waals surface area contributed by atoms with E-state index < -0.39 is 18.1 Å². The Balaban J connectivity index is 0.000000412. The van der Waals surface area contributed by atoms with Gasteiger partial charge in [0.1, 0.15) is 11.6 Å². The molecule has 3 N–H and O–H groups in total. The van der Waals surface area contributed by atoms with E-state index in [0.717, 1.165) is 12.8 Å². The minimum absolute atomic E-state index is 0.0875. The maximum absolute atomic E-state index is 10.6. The van der Waals surface area contributed by atoms with Crippen LogP contribution in [0.2, 0.25) is 0 Å². The van der Waals surface area contributed by atoms with E-state index in [0.29, 0.717) is 24.0 Å². The summed E-state index contributed by atoms with van der Waals surface area (Å²) in [5.41, 5.74) is -0.0875. The maximum Gasteiger partial charge on any atom is 0.490 e. The third-order valence-electron chi connectivity index (χ3n) is 2.64. The van der Waals surface area contributed by atoms with Crippen LogP contribution in [0.1, 0.15) is 35.5 Å². The molecule has 0 radical (unpaired) electrons. The summed E-state index contributed by atoms with van der Waals surface area (Å²) in [4.78, 5) is 23.6. The molecule has 0 fully saturated rings. The van der Waals surface area contributed by atoms with E-state index in [1.807, 2.05) is 0 Å². The van der Waals surface area contributed by atoms with Crippen molar-refractivity contribution in [3.63, 3.8) is 0 Å². The first-order valence-electron chi connectivity index (χ1n) is 7.18. The number of halogens is 3. The fourth-order valence-corrected chi connectivity index (χ4v) is 1.48. The van der Waals surface area contributed by atoms with Crippen molar-refractivity contribution in [3.8, 4) is 0 Å². The zero-order valence-corrected chi connectivity index (χ0v) is 13.4. The molecule has 0 saturated carbocycles. The molecule has 12 heteroatoms. The molecule has 2 aromatic heterocycles. The summed E-state index contributed by atoms with van der Waals surface area (Å²) in [6, 6.07) is 2.94. The molecule has 0 aliphatic carbocycles. The molecule has 0 atom stereocenters. The van der Waals surface area contributed by atoms with Crippen LogP contribution in [0, 0.1) is 0 Å². The number of carbonyl (C=O) groups is 2. The quantitative estimate of drug-likeness (QED) is 0.693. The number of hydrogen-bond donors (Lipinski definition) is 3. The highest BCUT2D eigenvalue weighted by molar-refractivity contribution is 5.85. The number of aryl methyl sites for hydroxylation is 1. The Morgan fingerprint density at radius 3 is 2.35 bits per heavy atom. The molecule has 2 aromatic rings. The number of oxazole rings is 1. The summed E-state index contributed by atoms with van der Waals surface area (Å²) in [6.07, 6.45) is -1.63. The number of alkyl halides is 3. The Hall–Kier alpha value is -3.18. The average Bonchev–Trinajstić information content (AvgIpc) is 3.01. The maximum atomic E-state index is 10.6. The van der Waals surface area contributed by atoms with Crippen LogP contribution >= 0.6 is 0 Å². The molecule has 0 aliphatic rings. The number of aliphatic carboxylic acids is 1. The highest BCUT2D eigenvalue weighted by Gasteiger charge is 2.38. The lowest BCUT2D eigenvalue weighted by molar-refractivity contribution is -0.192. The molecule has 9 nitrogen and oxygen atoms in total. The number of nitrogens with zero attached hydrogens (tertiary/aromatic N) is 3. The van der Waals surface area contributed by atoms with E-state index >= 15 is 0 Å². The van der Waals surface area contributed by atoms with Crippen LogP contribution < -0.4 is 5.32 Å². The van der Waals surface area contributed by atoms with Crippen molar-refractivity contribution >= 4 is 17.8 Å². The van der Waals surface area contributed by atoms with Gasteiger partial charge in [0.2, 0.25) is 0 Å². The van der Waals surface area contributed by atoms with Crippen LogP contribution in [0.3, 0.4) is 0 Å². The summed E-state index contributed by atoms with van der Waals surface area (Å²) in [5, 5.41) is 26.1. The summed E-state index contributed by atoms with van der Waals surface area (Å²) in [7, 11) is 0. The first-order valence-corrected chi connectivity index (χ1v) is 7.18. The normalized spacial score (nSPS) is 10.6. The summed E-state index contributed by atoms with van der Waals surface area (Å²) in [6.45, 7) is 2.49. The molecule has 0 spiro atoms. The van der Waals surface area contributed by atoms with E-state index in [4.69, 9.17) is 19.4 Å². The van der Waals surface area contributed by atoms with Crippen LogP contribution in [0.5, 0.6) is 0 Å². The van der Waals surface area contributed by atoms with E-state index in [2.05, 4.69) is 27.4 Å². The number of anilines is 1. The van der Waals surface area contributed by atoms with Crippen molar-refractivity contribution in [2.24, 2.45) is 0 Å². The second-order valence-electron chi connectivity index (χ2n) is 4.74. The van der Waals surface area contributed by atoms with Gasteiger partial charge in [-0.05, 0) is 18.6 Å². The van der Waals surface area contributed by atoms with Crippen molar-refractivity contribution in [2.45, 2.75) is 32.5 Å². The van der Waals surface area contributed by atoms with Gasteiger partial charge in [-0.3, -0.25) is 0 Å². The van der Waals surface area contributed by atoms with Gasteiger partial charge in [0.25, 0.3) is 0 Å². The average molecular weight is 376 g/mol. The lowest BCUT2D eigenvalue weighted by atomic mass is 10.3. The van der Waals surface area contributed by atoms with Crippen molar-refractivity contribution in [1.82, 2.24) is 15.2 Å². The smallest absolute Gasteiger partial charge is 0.476 e. The number of aromatic carboxylic acids is 1. The minimum Gasteiger partial charge on any atom is -0.476 e. The molecule has 0 saturated heterocycles. The fourth-order valence-electron chi connectivity index (χ4n) is 1.48. The van der Waals surface area contributed by atoms with Gasteiger partial charge in [0.15, 0.2) is 11.6 Å². The Kier molecular flexibility index (Phi) is 7.50. The number of carboxylic acids is 2. The molecule has 0 unspecified atom stereocenters. The number of aromatic nitrogens is 3. The van der Waals surface area contributed by atoms with Crippen LogP contribution in [0.15, 0.2) is 22.7 Å². The van der Waals surface area contributed by atoms with Gasteiger partial charge in [-0.1, -0.05) is 6.92 Å². The predicted octanol–water partition coefficient (Wildman–Crippen LogP) is 2.36. The Bertz CT molecular complexity index is 731. The molecule has 0 amide bonds. The van der Waals surface area contributed by atoms with Gasteiger partial charge < -0.3 is 19.9 Å². The van der Waals surface area contributed by atoms with E-state index in [-0.39, 0.29) is 5.69 Å². The summed E-state index contributed by atoms with van der Waals surface area (Å²) < 4.78 is 37.2. The van der Waals surface area contributed by atoms with Crippen LogP contribution in [0.25, 0.3) is 0 Å². The van der Waals surface area contributed by atoms with Crippen molar-refractivity contribution in [2.75, 3.05) is 5.32 Å². The largest absolute Gasteiger partial charge is 0.490 e. The first-order chi connectivity index (χ1) is 12.1. The Morgan fingerprint density at radius 2 is 1.88 bits per heavy atom. The lowest BCUT2D eigenvalue weighted by Crippen LogP contribution is -2.21. The van der Waals surface area contributed by atoms with Crippen LogP contribution in [-0.2, 0) is 17.8 Å². The fraction of sp³-hybridized carbons (Fsp3) is 0.357. The standard InChI is InChI=1S/C12H14N4O3.C2HF3O2/c1-2-3-11-14-7-8(19-11)6-13-10-5-4-9(12(17)18)15-16-10;3-2(4,5)1(6)7/h4-5,7H,2-3,6H2,1H3,(H,13,16)(H,17,18);(H,6,7). The first kappa shape index (κ1) is 20.9. The van der Waals surface area contributed by atoms with Gasteiger partial charge in [-0.25, -0.2) is 14.6 Å². The van der Waals surface area contributed by atoms with Crippen LogP contribution in [-0.4, -0.2) is 43.5 Å². The van der Waals surface area contributed by atoms with E-state index in [9.17, 15) is 18.0 Å². The topological polar surface area (TPSA) is 138 Å². The molecule has 0 aliphatic heterocycles.